The molecule has 2 atom stereocenters. The van der Waals surface area contributed by atoms with Gasteiger partial charge in [0.05, 0.1) is 37.2 Å². The lowest BCUT2D eigenvalue weighted by molar-refractivity contribution is -0.145. The number of rotatable bonds is 5. The second kappa shape index (κ2) is 8.71. The molecule has 2 fully saturated rings. The maximum atomic E-state index is 12.6. The smallest absolute Gasteiger partial charge is 0.308 e. The van der Waals surface area contributed by atoms with Crippen LogP contribution in [0.1, 0.15) is 51.0 Å². The zero-order chi connectivity index (χ0) is 20.2. The molecule has 0 bridgehead atoms. The Hall–Kier alpha value is -2.77. The molecule has 0 aliphatic heterocycles. The fourth-order valence-corrected chi connectivity index (χ4v) is 4.52. The van der Waals surface area contributed by atoms with Crippen molar-refractivity contribution in [3.05, 3.63) is 31.0 Å². The summed E-state index contributed by atoms with van der Waals surface area (Å²) in [6.45, 7) is 0. The predicted molar refractivity (Wildman–Crippen MR) is 106 cm³/mol. The molecule has 2 aromatic rings. The summed E-state index contributed by atoms with van der Waals surface area (Å²) >= 11 is 0. The monoisotopic (exact) mass is 397 g/mol. The van der Waals surface area contributed by atoms with Crippen LogP contribution in [0.25, 0.3) is 11.3 Å². The Labute approximate surface area is 170 Å². The Morgan fingerprint density at radius 3 is 2.59 bits per heavy atom. The Bertz CT molecular complexity index is 845. The minimum atomic E-state index is -0.194. The Balaban J connectivity index is 1.26. The summed E-state index contributed by atoms with van der Waals surface area (Å²) in [4.78, 5) is 32.7. The Kier molecular flexibility index (Phi) is 5.87. The van der Waals surface area contributed by atoms with Gasteiger partial charge in [-0.15, -0.1) is 0 Å². The summed E-state index contributed by atoms with van der Waals surface area (Å²) in [5, 5.41) is 7.72. The van der Waals surface area contributed by atoms with E-state index in [4.69, 9.17) is 4.74 Å². The molecule has 2 heterocycles. The summed E-state index contributed by atoms with van der Waals surface area (Å²) in [5.74, 6) is -0.308. The van der Waals surface area contributed by atoms with Crippen LogP contribution in [0.2, 0.25) is 0 Å². The number of ether oxygens (including phenoxy) is 1. The molecule has 2 saturated carbocycles. The normalized spacial score (nSPS) is 26.8. The van der Waals surface area contributed by atoms with Gasteiger partial charge in [-0.05, 0) is 44.9 Å². The van der Waals surface area contributed by atoms with E-state index in [2.05, 4.69) is 20.4 Å². The number of esters is 1. The van der Waals surface area contributed by atoms with Gasteiger partial charge in [-0.3, -0.25) is 24.2 Å². The van der Waals surface area contributed by atoms with Gasteiger partial charge in [-0.2, -0.15) is 5.10 Å². The molecular weight excluding hydrogens is 370 g/mol. The third kappa shape index (κ3) is 4.46. The van der Waals surface area contributed by atoms with Crippen molar-refractivity contribution in [2.24, 2.45) is 11.8 Å². The van der Waals surface area contributed by atoms with E-state index >= 15 is 0 Å². The maximum Gasteiger partial charge on any atom is 0.308 e. The molecule has 2 aliphatic rings. The highest BCUT2D eigenvalue weighted by Gasteiger charge is 2.35. The fraction of sp³-hybridized carbons (Fsp3) is 0.571. The van der Waals surface area contributed by atoms with Gasteiger partial charge in [-0.25, -0.2) is 0 Å². The molecule has 4 rings (SSSR count). The zero-order valence-corrected chi connectivity index (χ0v) is 16.7. The number of amides is 1. The number of carbonyl (C=O) groups is 2. The molecule has 8 nitrogen and oxygen atoms in total. The van der Waals surface area contributed by atoms with Crippen LogP contribution in [0, 0.1) is 11.8 Å². The lowest BCUT2D eigenvalue weighted by Crippen LogP contribution is -2.40. The average Bonchev–Trinajstić information content (AvgIpc) is 3.45. The summed E-state index contributed by atoms with van der Waals surface area (Å²) in [6.07, 6.45) is 14.9. The standard InChI is InChI=1S/C21H27N5O3/c1-29-21(28)15-3-2-14(10-15)20(27)25-17-4-6-18(7-5-17)26-13-16(11-24-26)19-12-22-8-9-23-19/h8-9,11-15,17-18H,2-7,10H2,1H3,(H,25,27)/t14-,15+,17?,18?/m0/s1. The molecule has 0 aromatic carbocycles. The minimum absolute atomic E-state index is 0.0718. The van der Waals surface area contributed by atoms with Crippen molar-refractivity contribution in [3.63, 3.8) is 0 Å². The van der Waals surface area contributed by atoms with Crippen LogP contribution in [0.5, 0.6) is 0 Å². The van der Waals surface area contributed by atoms with Gasteiger partial charge >= 0.3 is 5.97 Å². The molecular formula is C21H27N5O3. The van der Waals surface area contributed by atoms with Crippen LogP contribution in [0.15, 0.2) is 31.0 Å². The summed E-state index contributed by atoms with van der Waals surface area (Å²) in [6, 6.07) is 0.537. The number of nitrogens with one attached hydrogen (secondary N) is 1. The second-order valence-electron chi connectivity index (χ2n) is 8.04. The molecule has 2 aromatic heterocycles. The molecule has 8 heteroatoms. The van der Waals surface area contributed by atoms with Crippen molar-refractivity contribution in [1.29, 1.82) is 0 Å². The van der Waals surface area contributed by atoms with Crippen LogP contribution in [-0.2, 0) is 14.3 Å². The van der Waals surface area contributed by atoms with E-state index in [1.54, 1.807) is 18.6 Å². The first kappa shape index (κ1) is 19.5. The molecule has 1 N–H and O–H groups in total. The van der Waals surface area contributed by atoms with Gasteiger partial charge in [0.25, 0.3) is 0 Å². The Morgan fingerprint density at radius 1 is 1.07 bits per heavy atom. The molecule has 0 unspecified atom stereocenters. The van der Waals surface area contributed by atoms with Crippen molar-refractivity contribution in [2.45, 2.75) is 57.0 Å². The van der Waals surface area contributed by atoms with Gasteiger partial charge in [0.2, 0.25) is 5.91 Å². The van der Waals surface area contributed by atoms with E-state index in [9.17, 15) is 9.59 Å². The van der Waals surface area contributed by atoms with E-state index in [-0.39, 0.29) is 29.8 Å². The first-order valence-electron chi connectivity index (χ1n) is 10.3. The van der Waals surface area contributed by atoms with Crippen LogP contribution in [-0.4, -0.2) is 44.8 Å². The summed E-state index contributed by atoms with van der Waals surface area (Å²) in [5.41, 5.74) is 1.79. The highest BCUT2D eigenvalue weighted by molar-refractivity contribution is 5.81. The van der Waals surface area contributed by atoms with Crippen LogP contribution in [0.4, 0.5) is 0 Å². The highest BCUT2D eigenvalue weighted by Crippen LogP contribution is 2.33. The zero-order valence-electron chi connectivity index (χ0n) is 16.7. The van der Waals surface area contributed by atoms with E-state index in [1.165, 1.54) is 7.11 Å². The number of nitrogens with zero attached hydrogens (tertiary/aromatic N) is 4. The SMILES string of the molecule is COC(=O)[C@@H]1CC[C@H](C(=O)NC2CCC(n3cc(-c4cnccn4)cn3)CC2)C1. The number of hydrogen-bond acceptors (Lipinski definition) is 6. The van der Waals surface area contributed by atoms with Crippen molar-refractivity contribution >= 4 is 11.9 Å². The molecule has 2 aliphatic carbocycles. The van der Waals surface area contributed by atoms with E-state index < -0.39 is 0 Å². The van der Waals surface area contributed by atoms with Crippen molar-refractivity contribution in [3.8, 4) is 11.3 Å². The average molecular weight is 397 g/mol. The summed E-state index contributed by atoms with van der Waals surface area (Å²) in [7, 11) is 1.41. The maximum absolute atomic E-state index is 12.6. The third-order valence-electron chi connectivity index (χ3n) is 6.22. The number of carbonyl (C=O) groups excluding carboxylic acids is 2. The van der Waals surface area contributed by atoms with Crippen molar-refractivity contribution in [2.75, 3.05) is 7.11 Å². The number of aromatic nitrogens is 4. The molecule has 0 spiro atoms. The van der Waals surface area contributed by atoms with Gasteiger partial charge in [0.1, 0.15) is 0 Å². The van der Waals surface area contributed by atoms with Gasteiger partial charge in [0, 0.05) is 36.1 Å². The topological polar surface area (TPSA) is 99.0 Å². The van der Waals surface area contributed by atoms with Gasteiger partial charge in [0.15, 0.2) is 0 Å². The van der Waals surface area contributed by atoms with Crippen molar-refractivity contribution in [1.82, 2.24) is 25.1 Å². The van der Waals surface area contributed by atoms with Gasteiger partial charge in [-0.1, -0.05) is 0 Å². The van der Waals surface area contributed by atoms with E-state index in [0.717, 1.165) is 49.8 Å². The molecule has 29 heavy (non-hydrogen) atoms. The molecule has 0 radical (unpaired) electrons. The van der Waals surface area contributed by atoms with Crippen LogP contribution >= 0.6 is 0 Å². The van der Waals surface area contributed by atoms with E-state index in [0.29, 0.717) is 12.5 Å². The molecule has 1 amide bonds. The van der Waals surface area contributed by atoms with Crippen LogP contribution < -0.4 is 5.32 Å². The largest absolute Gasteiger partial charge is 0.469 e. The predicted octanol–water partition coefficient (Wildman–Crippen LogP) is 2.53. The summed E-state index contributed by atoms with van der Waals surface area (Å²) < 4.78 is 6.82. The first-order chi connectivity index (χ1) is 14.1. The quantitative estimate of drug-likeness (QED) is 0.779. The lowest BCUT2D eigenvalue weighted by Gasteiger charge is -2.30. The highest BCUT2D eigenvalue weighted by atomic mass is 16.5. The number of methoxy groups -OCH3 is 1. The van der Waals surface area contributed by atoms with Gasteiger partial charge < -0.3 is 10.1 Å². The van der Waals surface area contributed by atoms with E-state index in [1.807, 2.05) is 17.1 Å². The van der Waals surface area contributed by atoms with Crippen LogP contribution in [0.3, 0.4) is 0 Å². The molecule has 154 valence electrons. The number of hydrogen-bond donors (Lipinski definition) is 1. The minimum Gasteiger partial charge on any atom is -0.469 e. The third-order valence-corrected chi connectivity index (χ3v) is 6.22. The lowest BCUT2D eigenvalue weighted by atomic mass is 9.90. The van der Waals surface area contributed by atoms with Crippen molar-refractivity contribution < 1.29 is 14.3 Å². The first-order valence-corrected chi connectivity index (χ1v) is 10.3. The Morgan fingerprint density at radius 2 is 1.86 bits per heavy atom. The fourth-order valence-electron chi connectivity index (χ4n) is 4.52. The molecule has 0 saturated heterocycles. The second-order valence-corrected chi connectivity index (χ2v) is 8.04.